The van der Waals surface area contributed by atoms with E-state index < -0.39 is 0 Å². The van der Waals surface area contributed by atoms with Gasteiger partial charge in [0, 0.05) is 25.3 Å². The lowest BCUT2D eigenvalue weighted by Gasteiger charge is -2.58. The van der Waals surface area contributed by atoms with Crippen LogP contribution in [-0.4, -0.2) is 24.2 Å². The van der Waals surface area contributed by atoms with E-state index in [-0.39, 0.29) is 11.1 Å². The van der Waals surface area contributed by atoms with E-state index in [4.69, 9.17) is 4.74 Å². The lowest BCUT2D eigenvalue weighted by molar-refractivity contribution is -0.124. The largest absolute Gasteiger partial charge is 0.357 e. The standard InChI is InChI=1S/C27H41NO2/c1-16-7-12-27(28-15-16)17(2)24-23(30-27)14-22-20-6-5-18-13-19(29)8-10-25(18,3)21(20)9-11-26(22,24)4/h5,16-17,20-24,28H,6-15H2,1-4H3/t16-,17+,20-,21+,22+,23+,24+,25+,26+,27-/m1/s1. The van der Waals surface area contributed by atoms with Crippen LogP contribution < -0.4 is 5.32 Å². The normalized spacial score (nSPS) is 57.4. The van der Waals surface area contributed by atoms with Crippen molar-refractivity contribution >= 4 is 5.78 Å². The minimum Gasteiger partial charge on any atom is -0.357 e. The Bertz CT molecular complexity index is 780. The first kappa shape index (κ1) is 20.0. The molecule has 6 rings (SSSR count). The van der Waals surface area contributed by atoms with Gasteiger partial charge in [0.05, 0.1) is 6.10 Å². The zero-order chi connectivity index (χ0) is 20.9. The van der Waals surface area contributed by atoms with Gasteiger partial charge in [-0.2, -0.15) is 0 Å². The van der Waals surface area contributed by atoms with Crippen LogP contribution in [0.25, 0.3) is 0 Å². The first-order valence-electron chi connectivity index (χ1n) is 12.9. The van der Waals surface area contributed by atoms with Crippen LogP contribution in [0.1, 0.15) is 85.5 Å². The zero-order valence-electron chi connectivity index (χ0n) is 19.5. The van der Waals surface area contributed by atoms with Crippen LogP contribution in [0.3, 0.4) is 0 Å². The highest BCUT2D eigenvalue weighted by molar-refractivity contribution is 5.82. The topological polar surface area (TPSA) is 38.3 Å². The molecule has 1 spiro atoms. The first-order chi connectivity index (χ1) is 14.3. The highest BCUT2D eigenvalue weighted by atomic mass is 16.5. The summed E-state index contributed by atoms with van der Waals surface area (Å²) >= 11 is 0. The number of hydrogen-bond donors (Lipinski definition) is 1. The predicted molar refractivity (Wildman–Crippen MR) is 119 cm³/mol. The minimum atomic E-state index is -0.0536. The van der Waals surface area contributed by atoms with Crippen molar-refractivity contribution in [2.24, 2.45) is 46.3 Å². The number of hydrogen-bond acceptors (Lipinski definition) is 3. The minimum absolute atomic E-state index is 0.0536. The van der Waals surface area contributed by atoms with Gasteiger partial charge in [0.2, 0.25) is 0 Å². The van der Waals surface area contributed by atoms with Crippen molar-refractivity contribution in [1.29, 1.82) is 0 Å². The molecule has 1 N–H and O–H groups in total. The monoisotopic (exact) mass is 411 g/mol. The maximum atomic E-state index is 12.1. The molecule has 0 aromatic heterocycles. The fourth-order valence-electron chi connectivity index (χ4n) is 9.67. The quantitative estimate of drug-likeness (QED) is 0.535. The zero-order valence-corrected chi connectivity index (χ0v) is 19.5. The van der Waals surface area contributed by atoms with Crippen molar-refractivity contribution in [1.82, 2.24) is 5.32 Å². The molecule has 3 nitrogen and oxygen atoms in total. The Kier molecular flexibility index (Phi) is 4.29. The molecule has 3 heteroatoms. The van der Waals surface area contributed by atoms with Gasteiger partial charge in [-0.05, 0) is 85.4 Å². The molecule has 2 aliphatic heterocycles. The van der Waals surface area contributed by atoms with Crippen molar-refractivity contribution in [3.63, 3.8) is 0 Å². The molecule has 0 radical (unpaired) electrons. The number of allylic oxidation sites excluding steroid dienone is 2. The molecule has 30 heavy (non-hydrogen) atoms. The van der Waals surface area contributed by atoms with Crippen molar-refractivity contribution in [3.05, 3.63) is 11.6 Å². The summed E-state index contributed by atoms with van der Waals surface area (Å²) in [5.74, 6) is 4.92. The molecule has 5 fully saturated rings. The van der Waals surface area contributed by atoms with Gasteiger partial charge in [-0.1, -0.05) is 39.3 Å². The van der Waals surface area contributed by atoms with Crippen molar-refractivity contribution in [2.75, 3.05) is 6.54 Å². The van der Waals surface area contributed by atoms with Crippen LogP contribution in [0.4, 0.5) is 0 Å². The highest BCUT2D eigenvalue weighted by Crippen LogP contribution is 2.70. The van der Waals surface area contributed by atoms with Gasteiger partial charge in [0.15, 0.2) is 0 Å². The second-order valence-electron chi connectivity index (χ2n) is 12.6. The fourth-order valence-corrected chi connectivity index (χ4v) is 9.67. The third kappa shape index (κ3) is 2.48. The molecule has 10 atom stereocenters. The summed E-state index contributed by atoms with van der Waals surface area (Å²) in [4.78, 5) is 12.1. The number of piperidine rings is 1. The maximum absolute atomic E-state index is 12.1. The van der Waals surface area contributed by atoms with Gasteiger partial charge < -0.3 is 4.74 Å². The summed E-state index contributed by atoms with van der Waals surface area (Å²) in [6.07, 6.45) is 13.3. The summed E-state index contributed by atoms with van der Waals surface area (Å²) in [6, 6.07) is 0. The van der Waals surface area contributed by atoms with Gasteiger partial charge in [-0.3, -0.25) is 10.1 Å². The summed E-state index contributed by atoms with van der Waals surface area (Å²) in [5, 5.41) is 3.88. The Morgan fingerprint density at radius 3 is 2.70 bits per heavy atom. The van der Waals surface area contributed by atoms with Crippen LogP contribution in [0.15, 0.2) is 11.6 Å². The Labute approximate surface area is 182 Å². The molecule has 0 amide bonds. The van der Waals surface area contributed by atoms with Crippen molar-refractivity contribution < 1.29 is 9.53 Å². The average molecular weight is 412 g/mol. The van der Waals surface area contributed by atoms with E-state index in [1.165, 1.54) is 44.1 Å². The Hall–Kier alpha value is -0.670. The van der Waals surface area contributed by atoms with Crippen LogP contribution in [-0.2, 0) is 9.53 Å². The van der Waals surface area contributed by atoms with E-state index in [2.05, 4.69) is 39.1 Å². The van der Waals surface area contributed by atoms with E-state index in [0.29, 0.717) is 29.1 Å². The molecule has 2 heterocycles. The smallest absolute Gasteiger partial charge is 0.136 e. The molecule has 0 aromatic carbocycles. The summed E-state index contributed by atoms with van der Waals surface area (Å²) in [7, 11) is 0. The molecule has 2 saturated heterocycles. The van der Waals surface area contributed by atoms with E-state index in [1.807, 2.05) is 0 Å². The van der Waals surface area contributed by atoms with Crippen LogP contribution in [0, 0.1) is 46.3 Å². The molecule has 0 bridgehead atoms. The first-order valence-corrected chi connectivity index (χ1v) is 12.9. The maximum Gasteiger partial charge on any atom is 0.136 e. The number of nitrogens with one attached hydrogen (secondary N) is 1. The van der Waals surface area contributed by atoms with E-state index in [0.717, 1.165) is 49.5 Å². The lowest BCUT2D eigenvalue weighted by Crippen LogP contribution is -2.57. The molecule has 3 saturated carbocycles. The number of fused-ring (bicyclic) bond motifs is 7. The van der Waals surface area contributed by atoms with E-state index in [1.54, 1.807) is 0 Å². The number of rotatable bonds is 0. The predicted octanol–water partition coefficient (Wildman–Crippen LogP) is 5.50. The number of carbonyl (C=O) groups is 1. The van der Waals surface area contributed by atoms with Crippen molar-refractivity contribution in [3.8, 4) is 0 Å². The third-order valence-electron chi connectivity index (χ3n) is 11.4. The SMILES string of the molecule is C[C@@H]1CC[C@@]2(NC1)O[C@H]1C[C@H]3[C@@H]4CC=C5CC(=O)CC[C@]5(C)[C@H]4CC[C@]3(C)[C@H]1[C@@H]2C. The molecular formula is C27H41NO2. The Balaban J connectivity index is 1.29. The van der Waals surface area contributed by atoms with E-state index in [9.17, 15) is 4.79 Å². The summed E-state index contributed by atoms with van der Waals surface area (Å²) < 4.78 is 6.99. The lowest BCUT2D eigenvalue weighted by atomic mass is 9.47. The third-order valence-corrected chi connectivity index (χ3v) is 11.4. The molecular weight excluding hydrogens is 370 g/mol. The second kappa shape index (κ2) is 6.44. The van der Waals surface area contributed by atoms with Crippen LogP contribution >= 0.6 is 0 Å². The number of Topliss-reactive ketones (excluding diaryl/α,β-unsaturated/α-hetero) is 1. The van der Waals surface area contributed by atoms with Crippen LogP contribution in [0.2, 0.25) is 0 Å². The number of ketones is 1. The number of ether oxygens (including phenoxy) is 1. The fraction of sp³-hybridized carbons (Fsp3) is 0.889. The average Bonchev–Trinajstić information content (AvgIpc) is 3.16. The molecule has 0 aromatic rings. The van der Waals surface area contributed by atoms with Gasteiger partial charge >= 0.3 is 0 Å². The van der Waals surface area contributed by atoms with Gasteiger partial charge in [0.25, 0.3) is 0 Å². The molecule has 6 aliphatic rings. The highest BCUT2D eigenvalue weighted by Gasteiger charge is 2.68. The second-order valence-corrected chi connectivity index (χ2v) is 12.6. The van der Waals surface area contributed by atoms with Gasteiger partial charge in [0.1, 0.15) is 11.5 Å². The summed E-state index contributed by atoms with van der Waals surface area (Å²) in [6.45, 7) is 11.1. The Morgan fingerprint density at radius 1 is 1.10 bits per heavy atom. The number of carbonyl (C=O) groups excluding carboxylic acids is 1. The molecule has 4 aliphatic carbocycles. The summed E-state index contributed by atoms with van der Waals surface area (Å²) in [5.41, 5.74) is 2.14. The van der Waals surface area contributed by atoms with Crippen molar-refractivity contribution in [2.45, 2.75) is 97.3 Å². The molecule has 0 unspecified atom stereocenters. The molecule has 166 valence electrons. The van der Waals surface area contributed by atoms with Gasteiger partial charge in [-0.25, -0.2) is 0 Å². The Morgan fingerprint density at radius 2 is 1.93 bits per heavy atom. The van der Waals surface area contributed by atoms with E-state index >= 15 is 0 Å². The van der Waals surface area contributed by atoms with Gasteiger partial charge in [-0.15, -0.1) is 0 Å². The van der Waals surface area contributed by atoms with Crippen LogP contribution in [0.5, 0.6) is 0 Å².